The molecule has 0 saturated heterocycles. The quantitative estimate of drug-likeness (QED) is 0.161. The highest BCUT2D eigenvalue weighted by Gasteiger charge is 2.24. The molecule has 2 nitrogen and oxygen atoms in total. The molecule has 1 aliphatic rings. The second kappa shape index (κ2) is 20.3. The normalized spacial score (nSPS) is 16.2. The Hall–Kier alpha value is -0.660. The molecule has 0 fully saturated rings. The lowest BCUT2D eigenvalue weighted by molar-refractivity contribution is 0.138. The van der Waals surface area contributed by atoms with Gasteiger partial charge >= 0.3 is 0 Å². The molecule has 1 aliphatic heterocycles. The minimum atomic E-state index is 0.640. The molecule has 1 heterocycles. The molecule has 0 aromatic rings. The Labute approximate surface area is 190 Å². The summed E-state index contributed by atoms with van der Waals surface area (Å²) in [6.45, 7) is 9.37. The Morgan fingerprint density at radius 2 is 0.833 bits per heavy atom. The number of hydrogen-bond donors (Lipinski definition) is 0. The van der Waals surface area contributed by atoms with Gasteiger partial charge in [-0.3, -0.25) is 0 Å². The Kier molecular flexibility index (Phi) is 18.5. The summed E-state index contributed by atoms with van der Waals surface area (Å²) in [6, 6.07) is 0. The molecule has 178 valence electrons. The largest absolute Gasteiger partial charge is 0.356 e. The van der Waals surface area contributed by atoms with Crippen LogP contribution in [-0.2, 0) is 0 Å². The van der Waals surface area contributed by atoms with Crippen LogP contribution in [-0.4, -0.2) is 29.1 Å². The SMILES string of the molecule is CCCCCCCCCCCCCCCCCCN1C=CN(CCC)C1CCCC. The van der Waals surface area contributed by atoms with Crippen molar-refractivity contribution in [3.05, 3.63) is 12.4 Å². The fourth-order valence-corrected chi connectivity index (χ4v) is 4.83. The molecule has 0 saturated carbocycles. The first kappa shape index (κ1) is 27.4. The molecular formula is C28H56N2. The molecular weight excluding hydrogens is 364 g/mol. The van der Waals surface area contributed by atoms with E-state index in [-0.39, 0.29) is 0 Å². The highest BCUT2D eigenvalue weighted by atomic mass is 15.4. The lowest BCUT2D eigenvalue weighted by Gasteiger charge is -2.33. The van der Waals surface area contributed by atoms with Crippen LogP contribution in [0.25, 0.3) is 0 Å². The van der Waals surface area contributed by atoms with Crippen LogP contribution < -0.4 is 0 Å². The number of unbranched alkanes of at least 4 members (excludes halogenated alkanes) is 16. The Balaban J connectivity index is 1.89. The van der Waals surface area contributed by atoms with Gasteiger partial charge in [-0.05, 0) is 25.7 Å². The maximum Gasteiger partial charge on any atom is 0.101 e. The van der Waals surface area contributed by atoms with E-state index in [1.807, 2.05) is 0 Å². The van der Waals surface area contributed by atoms with Crippen molar-refractivity contribution < 1.29 is 0 Å². The second-order valence-electron chi connectivity index (χ2n) is 9.70. The van der Waals surface area contributed by atoms with Crippen LogP contribution in [0.15, 0.2) is 12.4 Å². The summed E-state index contributed by atoms with van der Waals surface area (Å²) in [5.74, 6) is 0. The zero-order valence-electron chi connectivity index (χ0n) is 21.2. The molecule has 2 heteroatoms. The van der Waals surface area contributed by atoms with Crippen molar-refractivity contribution in [2.75, 3.05) is 13.1 Å². The first-order chi connectivity index (χ1) is 14.8. The van der Waals surface area contributed by atoms with Crippen molar-refractivity contribution in [3.8, 4) is 0 Å². The molecule has 0 bridgehead atoms. The minimum absolute atomic E-state index is 0.640. The molecule has 0 spiro atoms. The van der Waals surface area contributed by atoms with E-state index in [1.54, 1.807) is 0 Å². The van der Waals surface area contributed by atoms with Gasteiger partial charge in [0.25, 0.3) is 0 Å². The third-order valence-electron chi connectivity index (χ3n) is 6.78. The van der Waals surface area contributed by atoms with E-state index in [1.165, 1.54) is 142 Å². The minimum Gasteiger partial charge on any atom is -0.356 e. The van der Waals surface area contributed by atoms with E-state index in [0.717, 1.165) is 0 Å². The summed E-state index contributed by atoms with van der Waals surface area (Å²) in [7, 11) is 0. The molecule has 0 radical (unpaired) electrons. The molecule has 0 N–H and O–H groups in total. The molecule has 1 unspecified atom stereocenters. The van der Waals surface area contributed by atoms with Gasteiger partial charge in [-0.1, -0.05) is 124 Å². The average Bonchev–Trinajstić information content (AvgIpc) is 3.13. The molecule has 1 atom stereocenters. The van der Waals surface area contributed by atoms with Crippen molar-refractivity contribution in [1.29, 1.82) is 0 Å². The molecule has 1 rings (SSSR count). The van der Waals surface area contributed by atoms with Crippen molar-refractivity contribution in [1.82, 2.24) is 9.80 Å². The van der Waals surface area contributed by atoms with Gasteiger partial charge < -0.3 is 9.80 Å². The maximum atomic E-state index is 2.62. The van der Waals surface area contributed by atoms with Crippen molar-refractivity contribution >= 4 is 0 Å². The monoisotopic (exact) mass is 420 g/mol. The van der Waals surface area contributed by atoms with Gasteiger partial charge in [0.2, 0.25) is 0 Å². The first-order valence-corrected chi connectivity index (χ1v) is 14.0. The predicted molar refractivity (Wildman–Crippen MR) is 136 cm³/mol. The fraction of sp³-hybridized carbons (Fsp3) is 0.929. The molecule has 0 aromatic heterocycles. The lowest BCUT2D eigenvalue weighted by Crippen LogP contribution is -2.39. The van der Waals surface area contributed by atoms with Crippen molar-refractivity contribution in [2.24, 2.45) is 0 Å². The smallest absolute Gasteiger partial charge is 0.101 e. The van der Waals surface area contributed by atoms with Crippen molar-refractivity contribution in [2.45, 2.75) is 155 Å². The summed E-state index contributed by atoms with van der Waals surface area (Å²) in [5, 5.41) is 0. The van der Waals surface area contributed by atoms with Crippen molar-refractivity contribution in [3.63, 3.8) is 0 Å². The van der Waals surface area contributed by atoms with Gasteiger partial charge in [0, 0.05) is 25.5 Å². The first-order valence-electron chi connectivity index (χ1n) is 14.0. The number of hydrogen-bond acceptors (Lipinski definition) is 2. The van der Waals surface area contributed by atoms with E-state index in [9.17, 15) is 0 Å². The van der Waals surface area contributed by atoms with Gasteiger partial charge in [-0.2, -0.15) is 0 Å². The lowest BCUT2D eigenvalue weighted by atomic mass is 10.0. The molecule has 0 aromatic carbocycles. The van der Waals surface area contributed by atoms with Crippen LogP contribution in [0.4, 0.5) is 0 Å². The maximum absolute atomic E-state index is 2.62. The predicted octanol–water partition coefficient (Wildman–Crippen LogP) is 9.26. The fourth-order valence-electron chi connectivity index (χ4n) is 4.83. The van der Waals surface area contributed by atoms with Crippen LogP contribution in [0.3, 0.4) is 0 Å². The van der Waals surface area contributed by atoms with Crippen LogP contribution >= 0.6 is 0 Å². The van der Waals surface area contributed by atoms with E-state index >= 15 is 0 Å². The van der Waals surface area contributed by atoms with Gasteiger partial charge in [-0.15, -0.1) is 0 Å². The average molecular weight is 421 g/mol. The summed E-state index contributed by atoms with van der Waals surface area (Å²) in [5.41, 5.74) is 0. The van der Waals surface area contributed by atoms with E-state index in [0.29, 0.717) is 6.17 Å². The summed E-state index contributed by atoms with van der Waals surface area (Å²) in [6.07, 6.45) is 33.8. The topological polar surface area (TPSA) is 6.48 Å². The highest BCUT2D eigenvalue weighted by molar-refractivity contribution is 4.96. The second-order valence-corrected chi connectivity index (χ2v) is 9.70. The van der Waals surface area contributed by atoms with Gasteiger partial charge in [0.05, 0.1) is 0 Å². The summed E-state index contributed by atoms with van der Waals surface area (Å²) < 4.78 is 0. The molecule has 30 heavy (non-hydrogen) atoms. The summed E-state index contributed by atoms with van der Waals surface area (Å²) in [4.78, 5) is 5.19. The van der Waals surface area contributed by atoms with Crippen LogP contribution in [0.2, 0.25) is 0 Å². The van der Waals surface area contributed by atoms with Gasteiger partial charge in [-0.25, -0.2) is 0 Å². The van der Waals surface area contributed by atoms with Gasteiger partial charge in [0.15, 0.2) is 0 Å². The van der Waals surface area contributed by atoms with E-state index in [4.69, 9.17) is 0 Å². The highest BCUT2D eigenvalue weighted by Crippen LogP contribution is 2.22. The van der Waals surface area contributed by atoms with E-state index < -0.39 is 0 Å². The van der Waals surface area contributed by atoms with Gasteiger partial charge in [0.1, 0.15) is 6.17 Å². The molecule has 0 amide bonds. The Morgan fingerprint density at radius 3 is 1.27 bits per heavy atom. The Morgan fingerprint density at radius 1 is 0.433 bits per heavy atom. The summed E-state index contributed by atoms with van der Waals surface area (Å²) >= 11 is 0. The zero-order valence-corrected chi connectivity index (χ0v) is 21.2. The van der Waals surface area contributed by atoms with Crippen LogP contribution in [0, 0.1) is 0 Å². The zero-order chi connectivity index (χ0) is 21.7. The third-order valence-corrected chi connectivity index (χ3v) is 6.78. The van der Waals surface area contributed by atoms with Crippen LogP contribution in [0.5, 0.6) is 0 Å². The van der Waals surface area contributed by atoms with Crippen LogP contribution in [0.1, 0.15) is 149 Å². The number of rotatable bonds is 22. The van der Waals surface area contributed by atoms with E-state index in [2.05, 4.69) is 43.0 Å². The Bertz CT molecular complexity index is 379. The standard InChI is InChI=1S/C28H56N2/c1-4-7-9-10-11-12-13-14-15-16-17-18-19-20-21-22-25-30-27-26-29(24-6-3)28(30)23-8-5-2/h26-28H,4-25H2,1-3H3. The third kappa shape index (κ3) is 13.6. The number of nitrogens with zero attached hydrogens (tertiary/aromatic N) is 2. The molecule has 0 aliphatic carbocycles.